The van der Waals surface area contributed by atoms with Gasteiger partial charge >= 0.3 is 0 Å². The van der Waals surface area contributed by atoms with Crippen LogP contribution in [-0.4, -0.2) is 35.9 Å². The van der Waals surface area contributed by atoms with E-state index in [1.807, 2.05) is 13.8 Å². The van der Waals surface area contributed by atoms with Crippen LogP contribution in [0.1, 0.15) is 39.5 Å². The van der Waals surface area contributed by atoms with E-state index in [1.165, 1.54) is 0 Å². The predicted molar refractivity (Wildman–Crippen MR) is 57.5 cm³/mol. The first-order chi connectivity index (χ1) is 7.08. The zero-order chi connectivity index (χ0) is 11.3. The van der Waals surface area contributed by atoms with Crippen LogP contribution in [-0.2, 0) is 9.53 Å². The summed E-state index contributed by atoms with van der Waals surface area (Å²) in [6.07, 6.45) is 3.28. The largest absolute Gasteiger partial charge is 0.396 e. The quantitative estimate of drug-likeness (QED) is 0.714. The molecule has 0 aromatic carbocycles. The van der Waals surface area contributed by atoms with Crippen LogP contribution >= 0.6 is 0 Å². The van der Waals surface area contributed by atoms with Crippen molar-refractivity contribution in [3.05, 3.63) is 0 Å². The third-order valence-corrected chi connectivity index (χ3v) is 2.87. The zero-order valence-corrected chi connectivity index (χ0v) is 9.58. The average Bonchev–Trinajstić information content (AvgIpc) is 2.63. The highest BCUT2D eigenvalue weighted by atomic mass is 16.5. The van der Waals surface area contributed by atoms with E-state index in [0.717, 1.165) is 25.7 Å². The molecule has 2 N–H and O–H groups in total. The molecule has 2 atom stereocenters. The molecule has 0 aromatic heterocycles. The molecule has 4 nitrogen and oxygen atoms in total. The monoisotopic (exact) mass is 215 g/mol. The maximum Gasteiger partial charge on any atom is 0.252 e. The maximum atomic E-state index is 11.8. The Kier molecular flexibility index (Phi) is 4.54. The molecule has 1 amide bonds. The SMILES string of the molecule is CC(CCCO)NC(=O)C1(C)CCCO1. The Morgan fingerprint density at radius 1 is 1.67 bits per heavy atom. The smallest absolute Gasteiger partial charge is 0.252 e. The first-order valence-electron chi connectivity index (χ1n) is 5.64. The molecular weight excluding hydrogens is 194 g/mol. The second-order valence-corrected chi connectivity index (χ2v) is 4.42. The van der Waals surface area contributed by atoms with Crippen LogP contribution in [0.4, 0.5) is 0 Å². The summed E-state index contributed by atoms with van der Waals surface area (Å²) in [6.45, 7) is 4.64. The van der Waals surface area contributed by atoms with Crippen molar-refractivity contribution < 1.29 is 14.6 Å². The number of amides is 1. The van der Waals surface area contributed by atoms with Gasteiger partial charge in [0.05, 0.1) is 0 Å². The van der Waals surface area contributed by atoms with Crippen LogP contribution in [0.15, 0.2) is 0 Å². The van der Waals surface area contributed by atoms with Crippen LogP contribution in [0.3, 0.4) is 0 Å². The minimum absolute atomic E-state index is 0.0227. The minimum Gasteiger partial charge on any atom is -0.396 e. The summed E-state index contributed by atoms with van der Waals surface area (Å²) in [6, 6.07) is 0.102. The number of rotatable bonds is 5. The Hall–Kier alpha value is -0.610. The number of nitrogens with one attached hydrogen (secondary N) is 1. The fourth-order valence-electron chi connectivity index (χ4n) is 1.80. The van der Waals surface area contributed by atoms with E-state index in [2.05, 4.69) is 5.32 Å². The molecule has 1 aliphatic rings. The molecule has 1 rings (SSSR count). The van der Waals surface area contributed by atoms with Crippen LogP contribution in [0.2, 0.25) is 0 Å². The molecule has 0 aromatic rings. The summed E-state index contributed by atoms with van der Waals surface area (Å²) >= 11 is 0. The lowest BCUT2D eigenvalue weighted by Crippen LogP contribution is -2.47. The molecule has 0 radical (unpaired) electrons. The lowest BCUT2D eigenvalue weighted by atomic mass is 10.0. The van der Waals surface area contributed by atoms with E-state index in [0.29, 0.717) is 6.61 Å². The van der Waals surface area contributed by atoms with Gasteiger partial charge in [0.15, 0.2) is 0 Å². The fourth-order valence-corrected chi connectivity index (χ4v) is 1.80. The lowest BCUT2D eigenvalue weighted by Gasteiger charge is -2.24. The van der Waals surface area contributed by atoms with Crippen molar-refractivity contribution >= 4 is 5.91 Å². The molecule has 0 saturated carbocycles. The number of aliphatic hydroxyl groups is 1. The fraction of sp³-hybridized carbons (Fsp3) is 0.909. The molecule has 1 saturated heterocycles. The zero-order valence-electron chi connectivity index (χ0n) is 9.58. The van der Waals surface area contributed by atoms with Crippen molar-refractivity contribution in [3.63, 3.8) is 0 Å². The predicted octanol–water partition coefficient (Wildman–Crippen LogP) is 0.833. The third kappa shape index (κ3) is 3.47. The molecule has 15 heavy (non-hydrogen) atoms. The third-order valence-electron chi connectivity index (χ3n) is 2.87. The van der Waals surface area contributed by atoms with Gasteiger partial charge in [-0.25, -0.2) is 0 Å². The van der Waals surface area contributed by atoms with Gasteiger partial charge in [-0.05, 0) is 39.5 Å². The number of aliphatic hydroxyl groups excluding tert-OH is 1. The highest BCUT2D eigenvalue weighted by molar-refractivity contribution is 5.85. The first-order valence-corrected chi connectivity index (χ1v) is 5.64. The van der Waals surface area contributed by atoms with Gasteiger partial charge in [0.1, 0.15) is 5.60 Å². The summed E-state index contributed by atoms with van der Waals surface area (Å²) in [5.41, 5.74) is -0.631. The molecule has 1 fully saturated rings. The maximum absolute atomic E-state index is 11.8. The molecular formula is C11H21NO3. The van der Waals surface area contributed by atoms with Crippen molar-refractivity contribution in [2.45, 2.75) is 51.2 Å². The van der Waals surface area contributed by atoms with Crippen molar-refractivity contribution in [3.8, 4) is 0 Å². The van der Waals surface area contributed by atoms with Gasteiger partial charge in [-0.3, -0.25) is 4.79 Å². The summed E-state index contributed by atoms with van der Waals surface area (Å²) in [5, 5.41) is 11.6. The summed E-state index contributed by atoms with van der Waals surface area (Å²) in [7, 11) is 0. The van der Waals surface area contributed by atoms with Crippen molar-refractivity contribution in [1.29, 1.82) is 0 Å². The van der Waals surface area contributed by atoms with Gasteiger partial charge in [-0.2, -0.15) is 0 Å². The van der Waals surface area contributed by atoms with Crippen LogP contribution in [0, 0.1) is 0 Å². The molecule has 88 valence electrons. The van der Waals surface area contributed by atoms with Crippen LogP contribution < -0.4 is 5.32 Å². The van der Waals surface area contributed by atoms with E-state index in [-0.39, 0.29) is 18.6 Å². The first kappa shape index (κ1) is 12.5. The highest BCUT2D eigenvalue weighted by Crippen LogP contribution is 2.25. The normalized spacial score (nSPS) is 27.7. The van der Waals surface area contributed by atoms with Gasteiger partial charge in [0, 0.05) is 19.3 Å². The summed E-state index contributed by atoms with van der Waals surface area (Å²) < 4.78 is 5.45. The number of hydrogen-bond acceptors (Lipinski definition) is 3. The Morgan fingerprint density at radius 2 is 2.40 bits per heavy atom. The Morgan fingerprint density at radius 3 is 2.93 bits per heavy atom. The molecule has 0 aliphatic carbocycles. The van der Waals surface area contributed by atoms with Crippen molar-refractivity contribution in [2.24, 2.45) is 0 Å². The minimum atomic E-state index is -0.631. The van der Waals surface area contributed by atoms with E-state index >= 15 is 0 Å². The summed E-state index contributed by atoms with van der Waals surface area (Å²) in [4.78, 5) is 11.8. The van der Waals surface area contributed by atoms with Gasteiger partial charge in [0.2, 0.25) is 0 Å². The second kappa shape index (κ2) is 5.47. The van der Waals surface area contributed by atoms with Crippen LogP contribution in [0.5, 0.6) is 0 Å². The Balaban J connectivity index is 2.34. The standard InChI is InChI=1S/C11H21NO3/c1-9(5-3-7-13)12-10(14)11(2)6-4-8-15-11/h9,13H,3-8H2,1-2H3,(H,12,14). The van der Waals surface area contributed by atoms with Gasteiger partial charge in [-0.15, -0.1) is 0 Å². The molecule has 2 unspecified atom stereocenters. The molecule has 1 heterocycles. The second-order valence-electron chi connectivity index (χ2n) is 4.42. The highest BCUT2D eigenvalue weighted by Gasteiger charge is 2.37. The number of ether oxygens (including phenoxy) is 1. The number of carbonyl (C=O) groups excluding carboxylic acids is 1. The Labute approximate surface area is 91.0 Å². The van der Waals surface area contributed by atoms with Crippen LogP contribution in [0.25, 0.3) is 0 Å². The number of carbonyl (C=O) groups is 1. The molecule has 0 bridgehead atoms. The van der Waals surface area contributed by atoms with Gasteiger partial charge in [-0.1, -0.05) is 0 Å². The van der Waals surface area contributed by atoms with E-state index < -0.39 is 5.60 Å². The van der Waals surface area contributed by atoms with Gasteiger partial charge in [0.25, 0.3) is 5.91 Å². The van der Waals surface area contributed by atoms with Gasteiger partial charge < -0.3 is 15.2 Å². The van der Waals surface area contributed by atoms with E-state index in [4.69, 9.17) is 9.84 Å². The van der Waals surface area contributed by atoms with Crippen molar-refractivity contribution in [2.75, 3.05) is 13.2 Å². The Bertz CT molecular complexity index is 212. The molecule has 0 spiro atoms. The molecule has 4 heteroatoms. The molecule has 1 aliphatic heterocycles. The topological polar surface area (TPSA) is 58.6 Å². The van der Waals surface area contributed by atoms with Crippen molar-refractivity contribution in [1.82, 2.24) is 5.32 Å². The lowest BCUT2D eigenvalue weighted by molar-refractivity contribution is -0.140. The number of hydrogen-bond donors (Lipinski definition) is 2. The summed E-state index contributed by atoms with van der Waals surface area (Å²) in [5.74, 6) is -0.0227. The van der Waals surface area contributed by atoms with E-state index in [1.54, 1.807) is 0 Å². The van der Waals surface area contributed by atoms with E-state index in [9.17, 15) is 4.79 Å². The average molecular weight is 215 g/mol.